The van der Waals surface area contributed by atoms with Crippen molar-refractivity contribution >= 4 is 0 Å². The summed E-state index contributed by atoms with van der Waals surface area (Å²) >= 11 is 0. The summed E-state index contributed by atoms with van der Waals surface area (Å²) in [5.74, 6) is 1.04. The van der Waals surface area contributed by atoms with Crippen molar-refractivity contribution in [2.24, 2.45) is 28.1 Å². The minimum atomic E-state index is -0.358. The molecule has 0 bridgehead atoms. The maximum atomic E-state index is 10.5. The molecule has 124 valence electrons. The smallest absolute Gasteiger partial charge is 0.0618 e. The van der Waals surface area contributed by atoms with Crippen LogP contribution >= 0.6 is 0 Å². The molecule has 0 heterocycles. The third kappa shape index (κ3) is 2.14. The first-order valence-electron chi connectivity index (χ1n) is 8.93. The predicted molar refractivity (Wildman–Crippen MR) is 90.4 cm³/mol. The molecule has 0 aromatic rings. The van der Waals surface area contributed by atoms with Crippen LogP contribution in [0, 0.1) is 28.1 Å². The van der Waals surface area contributed by atoms with Gasteiger partial charge in [0.25, 0.3) is 0 Å². The van der Waals surface area contributed by atoms with E-state index in [9.17, 15) is 10.2 Å². The van der Waals surface area contributed by atoms with Crippen molar-refractivity contribution in [3.63, 3.8) is 0 Å². The van der Waals surface area contributed by atoms with Crippen LogP contribution in [-0.4, -0.2) is 22.9 Å². The Bertz CT molecular complexity index is 496. The Morgan fingerprint density at radius 3 is 2.59 bits per heavy atom. The number of hydrogen-bond acceptors (Lipinski definition) is 2. The summed E-state index contributed by atoms with van der Waals surface area (Å²) in [5, 5.41) is 20.5. The van der Waals surface area contributed by atoms with Gasteiger partial charge in [-0.1, -0.05) is 38.5 Å². The summed E-state index contributed by atoms with van der Waals surface area (Å²) in [6.45, 7) is 10.9. The average Bonchev–Trinajstić information content (AvgIpc) is 2.51. The molecule has 3 rings (SSSR count). The van der Waals surface area contributed by atoms with Gasteiger partial charge in [0.2, 0.25) is 0 Å². The van der Waals surface area contributed by atoms with E-state index < -0.39 is 0 Å². The van der Waals surface area contributed by atoms with Crippen LogP contribution in [0.5, 0.6) is 0 Å². The monoisotopic (exact) mass is 304 g/mol. The van der Waals surface area contributed by atoms with E-state index in [-0.39, 0.29) is 29.0 Å². The SMILES string of the molecule is C=C[C@@]1(C)C=C2CC[C@@H]3[C@](C)(CCC(O)[C@@]3(C)CO)[C@H]2CC1. The summed E-state index contributed by atoms with van der Waals surface area (Å²) < 4.78 is 0. The van der Waals surface area contributed by atoms with Crippen molar-refractivity contribution in [2.45, 2.75) is 65.4 Å². The molecule has 2 saturated carbocycles. The van der Waals surface area contributed by atoms with Gasteiger partial charge in [-0.15, -0.1) is 6.58 Å². The van der Waals surface area contributed by atoms with Crippen molar-refractivity contribution in [3.05, 3.63) is 24.3 Å². The molecular weight excluding hydrogens is 272 g/mol. The van der Waals surface area contributed by atoms with Crippen LogP contribution in [0.2, 0.25) is 0 Å². The summed E-state index contributed by atoms with van der Waals surface area (Å²) in [7, 11) is 0. The van der Waals surface area contributed by atoms with Crippen molar-refractivity contribution in [2.75, 3.05) is 6.61 Å². The highest BCUT2D eigenvalue weighted by molar-refractivity contribution is 5.27. The maximum Gasteiger partial charge on any atom is 0.0618 e. The molecule has 0 aromatic carbocycles. The van der Waals surface area contributed by atoms with Gasteiger partial charge in [-0.25, -0.2) is 0 Å². The van der Waals surface area contributed by atoms with Crippen LogP contribution in [0.3, 0.4) is 0 Å². The molecule has 22 heavy (non-hydrogen) atoms. The molecule has 0 amide bonds. The van der Waals surface area contributed by atoms with Gasteiger partial charge >= 0.3 is 0 Å². The zero-order chi connectivity index (χ0) is 16.2. The molecule has 3 aliphatic carbocycles. The summed E-state index contributed by atoms with van der Waals surface area (Å²) in [6, 6.07) is 0. The number of aliphatic hydroxyl groups is 2. The summed E-state index contributed by atoms with van der Waals surface area (Å²) in [5.41, 5.74) is 1.66. The normalized spacial score (nSPS) is 51.5. The van der Waals surface area contributed by atoms with Gasteiger partial charge in [0.05, 0.1) is 12.7 Å². The molecule has 0 spiro atoms. The fraction of sp³-hybridized carbons (Fsp3) is 0.800. The first kappa shape index (κ1) is 16.3. The highest BCUT2D eigenvalue weighted by atomic mass is 16.3. The summed E-state index contributed by atoms with van der Waals surface area (Å²) in [6.07, 6.45) is 10.8. The second-order valence-electron chi connectivity index (χ2n) is 8.84. The highest BCUT2D eigenvalue weighted by Crippen LogP contribution is 2.63. The van der Waals surface area contributed by atoms with Crippen LogP contribution in [0.15, 0.2) is 24.3 Å². The van der Waals surface area contributed by atoms with E-state index in [0.717, 1.165) is 25.7 Å². The zero-order valence-electron chi connectivity index (χ0n) is 14.4. The second kappa shape index (κ2) is 5.21. The molecular formula is C20H32O2. The Morgan fingerprint density at radius 1 is 1.23 bits per heavy atom. The predicted octanol–water partition coefficient (Wildman–Crippen LogP) is 4.08. The van der Waals surface area contributed by atoms with Gasteiger partial charge in [0.15, 0.2) is 0 Å². The first-order valence-corrected chi connectivity index (χ1v) is 8.93. The van der Waals surface area contributed by atoms with Crippen molar-refractivity contribution in [3.8, 4) is 0 Å². The maximum absolute atomic E-state index is 10.5. The van der Waals surface area contributed by atoms with Crippen LogP contribution in [0.1, 0.15) is 59.3 Å². The number of fused-ring (bicyclic) bond motifs is 3. The van der Waals surface area contributed by atoms with E-state index >= 15 is 0 Å². The number of hydrogen-bond donors (Lipinski definition) is 2. The third-order valence-electron chi connectivity index (χ3n) is 7.57. The van der Waals surface area contributed by atoms with E-state index in [0.29, 0.717) is 11.8 Å². The van der Waals surface area contributed by atoms with Gasteiger partial charge in [-0.05, 0) is 55.8 Å². The van der Waals surface area contributed by atoms with Gasteiger partial charge in [0, 0.05) is 10.8 Å². The minimum absolute atomic E-state index is 0.102. The Labute approximate surface area is 135 Å². The van der Waals surface area contributed by atoms with E-state index in [2.05, 4.69) is 39.5 Å². The minimum Gasteiger partial charge on any atom is -0.396 e. The van der Waals surface area contributed by atoms with E-state index in [1.807, 2.05) is 0 Å². The highest BCUT2D eigenvalue weighted by Gasteiger charge is 2.58. The van der Waals surface area contributed by atoms with E-state index in [4.69, 9.17) is 0 Å². The van der Waals surface area contributed by atoms with Crippen molar-refractivity contribution < 1.29 is 10.2 Å². The fourth-order valence-electron chi connectivity index (χ4n) is 5.94. The topological polar surface area (TPSA) is 40.5 Å². The van der Waals surface area contributed by atoms with Gasteiger partial charge in [-0.3, -0.25) is 0 Å². The first-order chi connectivity index (χ1) is 10.3. The largest absolute Gasteiger partial charge is 0.396 e. The quantitative estimate of drug-likeness (QED) is 0.755. The molecule has 6 atom stereocenters. The molecule has 2 heteroatoms. The number of aliphatic hydroxyl groups excluding tert-OH is 2. The lowest BCUT2D eigenvalue weighted by atomic mass is 9.44. The van der Waals surface area contributed by atoms with Crippen molar-refractivity contribution in [1.82, 2.24) is 0 Å². The standard InChI is InChI=1S/C20H32O2/c1-5-18(2)10-8-15-14(12-18)6-7-16-19(15,3)11-9-17(22)20(16,4)13-21/h5,12,15-17,21-22H,1,6-11,13H2,2-4H3/t15-,16+,17?,18+,19+,20-/m0/s1. The molecule has 0 saturated heterocycles. The van der Waals surface area contributed by atoms with Crippen LogP contribution in [0.25, 0.3) is 0 Å². The molecule has 2 N–H and O–H groups in total. The van der Waals surface area contributed by atoms with E-state index in [1.165, 1.54) is 12.8 Å². The Hall–Kier alpha value is -0.600. The third-order valence-corrected chi connectivity index (χ3v) is 7.57. The lowest BCUT2D eigenvalue weighted by Gasteiger charge is -2.61. The average molecular weight is 304 g/mol. The molecule has 1 unspecified atom stereocenters. The van der Waals surface area contributed by atoms with Gasteiger partial charge in [-0.2, -0.15) is 0 Å². The van der Waals surface area contributed by atoms with Crippen LogP contribution in [-0.2, 0) is 0 Å². The molecule has 0 aromatic heterocycles. The molecule has 0 aliphatic heterocycles. The Morgan fingerprint density at radius 2 is 1.95 bits per heavy atom. The Kier molecular flexibility index (Phi) is 3.85. The number of rotatable bonds is 2. The lowest BCUT2D eigenvalue weighted by molar-refractivity contribution is -0.153. The van der Waals surface area contributed by atoms with Crippen molar-refractivity contribution in [1.29, 1.82) is 0 Å². The molecule has 2 nitrogen and oxygen atoms in total. The molecule has 0 radical (unpaired) electrons. The zero-order valence-corrected chi connectivity index (χ0v) is 14.4. The lowest BCUT2D eigenvalue weighted by Crippen LogP contribution is -2.58. The van der Waals surface area contributed by atoms with Gasteiger partial charge < -0.3 is 10.2 Å². The second-order valence-corrected chi connectivity index (χ2v) is 8.84. The molecule has 2 fully saturated rings. The molecule has 3 aliphatic rings. The summed E-state index contributed by atoms with van der Waals surface area (Å²) in [4.78, 5) is 0. The van der Waals surface area contributed by atoms with E-state index in [1.54, 1.807) is 5.57 Å². The number of allylic oxidation sites excluding steroid dienone is 3. The van der Waals surface area contributed by atoms with Crippen LogP contribution in [0.4, 0.5) is 0 Å². The van der Waals surface area contributed by atoms with Crippen LogP contribution < -0.4 is 0 Å². The Balaban J connectivity index is 1.98. The van der Waals surface area contributed by atoms with Gasteiger partial charge in [0.1, 0.15) is 0 Å². The fourth-order valence-corrected chi connectivity index (χ4v) is 5.94.